The largest absolute Gasteiger partial charge is 0.459 e. The van der Waals surface area contributed by atoms with E-state index in [4.69, 9.17) is 8.83 Å². The fourth-order valence-electron chi connectivity index (χ4n) is 2.05. The molecule has 1 aromatic carbocycles. The van der Waals surface area contributed by atoms with Crippen LogP contribution in [0.5, 0.6) is 0 Å². The molecule has 3 aromatic rings. The van der Waals surface area contributed by atoms with E-state index in [0.717, 1.165) is 5.56 Å². The van der Waals surface area contributed by atoms with Gasteiger partial charge in [0.05, 0.1) is 23.9 Å². The van der Waals surface area contributed by atoms with Crippen LogP contribution in [0.25, 0.3) is 0 Å². The second-order valence-corrected chi connectivity index (χ2v) is 4.91. The number of anilines is 2. The molecule has 0 fully saturated rings. The summed E-state index contributed by atoms with van der Waals surface area (Å²) in [5, 5.41) is 5.44. The Kier molecular flexibility index (Phi) is 3.97. The molecular weight excluding hydrogens is 296 g/mol. The zero-order valence-electron chi connectivity index (χ0n) is 12.3. The number of hydrogen-bond donors (Lipinski definition) is 2. The molecule has 0 aliphatic heterocycles. The SMILES string of the molecule is Cc1ccc(NC(=O)c2ccco2)c(NC(=O)c2ccco2)c1. The van der Waals surface area contributed by atoms with Gasteiger partial charge in [0.15, 0.2) is 11.5 Å². The standard InChI is InChI=1S/C17H14N2O4/c1-11-6-7-12(18-16(20)14-4-2-8-22-14)13(10-11)19-17(21)15-5-3-9-23-15/h2-10H,1H3,(H,18,20)(H,19,21). The molecule has 2 aromatic heterocycles. The minimum absolute atomic E-state index is 0.189. The summed E-state index contributed by atoms with van der Waals surface area (Å²) in [6.45, 7) is 1.89. The third kappa shape index (κ3) is 3.32. The van der Waals surface area contributed by atoms with Gasteiger partial charge in [-0.3, -0.25) is 9.59 Å². The lowest BCUT2D eigenvalue weighted by atomic mass is 10.2. The molecule has 2 heterocycles. The molecule has 116 valence electrons. The van der Waals surface area contributed by atoms with Gasteiger partial charge >= 0.3 is 0 Å². The maximum Gasteiger partial charge on any atom is 0.291 e. The highest BCUT2D eigenvalue weighted by Crippen LogP contribution is 2.24. The van der Waals surface area contributed by atoms with E-state index in [2.05, 4.69) is 10.6 Å². The number of nitrogens with one attached hydrogen (secondary N) is 2. The lowest BCUT2D eigenvalue weighted by molar-refractivity contribution is 0.0987. The van der Waals surface area contributed by atoms with Crippen LogP contribution in [-0.4, -0.2) is 11.8 Å². The molecule has 6 nitrogen and oxygen atoms in total. The van der Waals surface area contributed by atoms with Crippen molar-refractivity contribution in [2.45, 2.75) is 6.92 Å². The molecule has 0 unspecified atom stereocenters. The van der Waals surface area contributed by atoms with Crippen molar-refractivity contribution in [2.75, 3.05) is 10.6 Å². The zero-order valence-corrected chi connectivity index (χ0v) is 12.3. The predicted octanol–water partition coefficient (Wildman–Crippen LogP) is 3.69. The molecule has 0 spiro atoms. The predicted molar refractivity (Wildman–Crippen MR) is 84.5 cm³/mol. The monoisotopic (exact) mass is 310 g/mol. The van der Waals surface area contributed by atoms with Crippen molar-refractivity contribution in [3.05, 3.63) is 72.1 Å². The van der Waals surface area contributed by atoms with E-state index >= 15 is 0 Å². The Balaban J connectivity index is 1.83. The van der Waals surface area contributed by atoms with Crippen molar-refractivity contribution in [2.24, 2.45) is 0 Å². The van der Waals surface area contributed by atoms with Crippen LogP contribution < -0.4 is 10.6 Å². The Morgan fingerprint density at radius 2 is 1.39 bits per heavy atom. The van der Waals surface area contributed by atoms with Crippen LogP contribution in [0.1, 0.15) is 26.7 Å². The summed E-state index contributed by atoms with van der Waals surface area (Å²) in [5.41, 5.74) is 1.89. The fourth-order valence-corrected chi connectivity index (χ4v) is 2.05. The first-order valence-electron chi connectivity index (χ1n) is 6.94. The average Bonchev–Trinajstić information content (AvgIpc) is 3.23. The highest BCUT2D eigenvalue weighted by atomic mass is 16.3. The zero-order chi connectivity index (χ0) is 16.2. The molecule has 0 atom stereocenters. The first-order chi connectivity index (χ1) is 11.1. The third-order valence-electron chi connectivity index (χ3n) is 3.16. The summed E-state index contributed by atoms with van der Waals surface area (Å²) in [6, 6.07) is 11.7. The normalized spacial score (nSPS) is 10.3. The molecule has 0 aliphatic rings. The van der Waals surface area contributed by atoms with E-state index in [1.807, 2.05) is 13.0 Å². The fraction of sp³-hybridized carbons (Fsp3) is 0.0588. The lowest BCUT2D eigenvalue weighted by Gasteiger charge is -2.12. The lowest BCUT2D eigenvalue weighted by Crippen LogP contribution is -2.16. The molecular formula is C17H14N2O4. The van der Waals surface area contributed by atoms with Crippen molar-refractivity contribution >= 4 is 23.2 Å². The van der Waals surface area contributed by atoms with E-state index < -0.39 is 11.8 Å². The number of hydrogen-bond acceptors (Lipinski definition) is 4. The summed E-state index contributed by atoms with van der Waals surface area (Å²) >= 11 is 0. The van der Waals surface area contributed by atoms with Crippen LogP contribution in [0, 0.1) is 6.92 Å². The van der Waals surface area contributed by atoms with Gasteiger partial charge in [0, 0.05) is 0 Å². The number of aryl methyl sites for hydroxylation is 1. The molecule has 3 rings (SSSR count). The Hall–Kier alpha value is -3.28. The van der Waals surface area contributed by atoms with E-state index in [1.54, 1.807) is 36.4 Å². The van der Waals surface area contributed by atoms with Gasteiger partial charge < -0.3 is 19.5 Å². The van der Waals surface area contributed by atoms with Gasteiger partial charge in [-0.05, 0) is 48.9 Å². The number of carbonyl (C=O) groups excluding carboxylic acids is 2. The molecule has 0 bridgehead atoms. The topological polar surface area (TPSA) is 84.5 Å². The number of carbonyl (C=O) groups is 2. The number of amides is 2. The van der Waals surface area contributed by atoms with Gasteiger partial charge in [-0.15, -0.1) is 0 Å². The summed E-state index contributed by atoms with van der Waals surface area (Å²) in [5.74, 6) is -0.412. The number of rotatable bonds is 4. The minimum atomic E-state index is -0.396. The Labute approximate surface area is 132 Å². The Bertz CT molecular complexity index is 820. The quantitative estimate of drug-likeness (QED) is 0.769. The molecule has 6 heteroatoms. The van der Waals surface area contributed by atoms with Crippen molar-refractivity contribution in [1.29, 1.82) is 0 Å². The van der Waals surface area contributed by atoms with E-state index in [1.165, 1.54) is 12.5 Å². The molecule has 2 N–H and O–H groups in total. The van der Waals surface area contributed by atoms with Crippen LogP contribution in [0.3, 0.4) is 0 Å². The van der Waals surface area contributed by atoms with Crippen LogP contribution in [0.4, 0.5) is 11.4 Å². The first kappa shape index (κ1) is 14.6. The summed E-state index contributed by atoms with van der Waals surface area (Å²) in [4.78, 5) is 24.2. The summed E-state index contributed by atoms with van der Waals surface area (Å²) in [6.07, 6.45) is 2.84. The molecule has 0 radical (unpaired) electrons. The van der Waals surface area contributed by atoms with Crippen molar-refractivity contribution in [3.63, 3.8) is 0 Å². The molecule has 0 saturated carbocycles. The van der Waals surface area contributed by atoms with E-state index in [0.29, 0.717) is 11.4 Å². The Morgan fingerprint density at radius 3 is 1.91 bits per heavy atom. The third-order valence-corrected chi connectivity index (χ3v) is 3.16. The van der Waals surface area contributed by atoms with Crippen LogP contribution in [0.2, 0.25) is 0 Å². The van der Waals surface area contributed by atoms with Crippen LogP contribution >= 0.6 is 0 Å². The van der Waals surface area contributed by atoms with Gasteiger partial charge in [0.25, 0.3) is 11.8 Å². The molecule has 23 heavy (non-hydrogen) atoms. The number of benzene rings is 1. The summed E-state index contributed by atoms with van der Waals surface area (Å²) in [7, 11) is 0. The van der Waals surface area contributed by atoms with Crippen molar-refractivity contribution in [3.8, 4) is 0 Å². The van der Waals surface area contributed by atoms with Gasteiger partial charge in [-0.1, -0.05) is 6.07 Å². The second-order valence-electron chi connectivity index (χ2n) is 4.91. The van der Waals surface area contributed by atoms with Gasteiger partial charge in [-0.2, -0.15) is 0 Å². The Morgan fingerprint density at radius 1 is 0.826 bits per heavy atom. The van der Waals surface area contributed by atoms with Gasteiger partial charge in [-0.25, -0.2) is 0 Å². The van der Waals surface area contributed by atoms with E-state index in [9.17, 15) is 9.59 Å². The highest BCUT2D eigenvalue weighted by molar-refractivity contribution is 6.08. The molecule has 0 saturated heterocycles. The second kappa shape index (κ2) is 6.23. The first-order valence-corrected chi connectivity index (χ1v) is 6.94. The van der Waals surface area contributed by atoms with Crippen LogP contribution in [0.15, 0.2) is 63.8 Å². The van der Waals surface area contributed by atoms with Crippen molar-refractivity contribution in [1.82, 2.24) is 0 Å². The highest BCUT2D eigenvalue weighted by Gasteiger charge is 2.15. The van der Waals surface area contributed by atoms with Crippen molar-refractivity contribution < 1.29 is 18.4 Å². The van der Waals surface area contributed by atoms with Crippen LogP contribution in [-0.2, 0) is 0 Å². The number of furan rings is 2. The maximum absolute atomic E-state index is 12.1. The molecule has 2 amide bonds. The van der Waals surface area contributed by atoms with Gasteiger partial charge in [0.1, 0.15) is 0 Å². The summed E-state index contributed by atoms with van der Waals surface area (Å²) < 4.78 is 10.1. The maximum atomic E-state index is 12.1. The van der Waals surface area contributed by atoms with Gasteiger partial charge in [0.2, 0.25) is 0 Å². The molecule has 0 aliphatic carbocycles. The smallest absolute Gasteiger partial charge is 0.291 e. The van der Waals surface area contributed by atoms with E-state index in [-0.39, 0.29) is 11.5 Å². The minimum Gasteiger partial charge on any atom is -0.459 e. The average molecular weight is 310 g/mol.